The van der Waals surface area contributed by atoms with Crippen molar-refractivity contribution in [2.24, 2.45) is 0 Å². The van der Waals surface area contributed by atoms with Gasteiger partial charge in [-0.1, -0.05) is 0 Å². The van der Waals surface area contributed by atoms with Crippen LogP contribution in [-0.2, 0) is 0 Å². The summed E-state index contributed by atoms with van der Waals surface area (Å²) < 4.78 is 13.1. The van der Waals surface area contributed by atoms with E-state index in [1.807, 2.05) is 0 Å². The molecule has 0 aliphatic heterocycles. The van der Waals surface area contributed by atoms with Crippen LogP contribution in [0.15, 0.2) is 18.2 Å². The molecule has 1 aromatic carbocycles. The summed E-state index contributed by atoms with van der Waals surface area (Å²) in [6.07, 6.45) is -3.10. The van der Waals surface area contributed by atoms with E-state index in [9.17, 15) is 19.4 Å². The van der Waals surface area contributed by atoms with Gasteiger partial charge in [0.1, 0.15) is 11.9 Å². The third-order valence-electron chi connectivity index (χ3n) is 2.38. The molecular formula is C12H12FNO3. The van der Waals surface area contributed by atoms with Gasteiger partial charge < -0.3 is 10.2 Å². The van der Waals surface area contributed by atoms with Crippen LogP contribution in [0.25, 0.3) is 0 Å². The number of aliphatic hydroxyl groups excluding tert-OH is 2. The fourth-order valence-corrected chi connectivity index (χ4v) is 1.51. The summed E-state index contributed by atoms with van der Waals surface area (Å²) in [5, 5.41) is 27.6. The maximum Gasteiger partial charge on any atom is 0.160 e. The normalized spacial score (nSPS) is 13.8. The number of benzene rings is 1. The quantitative estimate of drug-likeness (QED) is 0.774. The predicted molar refractivity (Wildman–Crippen MR) is 57.6 cm³/mol. The molecule has 0 fully saturated rings. The van der Waals surface area contributed by atoms with E-state index in [0.717, 1.165) is 12.1 Å². The maximum atomic E-state index is 13.1. The van der Waals surface area contributed by atoms with Crippen molar-refractivity contribution in [3.63, 3.8) is 0 Å². The van der Waals surface area contributed by atoms with Crippen molar-refractivity contribution >= 4 is 5.78 Å². The van der Waals surface area contributed by atoms with Gasteiger partial charge in [-0.3, -0.25) is 4.79 Å². The summed E-state index contributed by atoms with van der Waals surface area (Å²) in [4.78, 5) is 11.3. The van der Waals surface area contributed by atoms with Gasteiger partial charge in [0.15, 0.2) is 5.78 Å². The summed E-state index contributed by atoms with van der Waals surface area (Å²) in [5.41, 5.74) is 0.135. The van der Waals surface area contributed by atoms with E-state index in [0.29, 0.717) is 0 Å². The Balaban J connectivity index is 3.15. The molecule has 0 radical (unpaired) electrons. The largest absolute Gasteiger partial charge is 0.389 e. The first kappa shape index (κ1) is 13.3. The molecule has 0 amide bonds. The Kier molecular flexibility index (Phi) is 4.32. The third-order valence-corrected chi connectivity index (χ3v) is 2.38. The topological polar surface area (TPSA) is 81.3 Å². The maximum absolute atomic E-state index is 13.1. The van der Waals surface area contributed by atoms with Gasteiger partial charge in [0, 0.05) is 5.56 Å². The molecule has 0 heterocycles. The van der Waals surface area contributed by atoms with Crippen molar-refractivity contribution < 1.29 is 19.4 Å². The van der Waals surface area contributed by atoms with Crippen LogP contribution < -0.4 is 0 Å². The molecule has 2 atom stereocenters. The van der Waals surface area contributed by atoms with Crippen LogP contribution >= 0.6 is 0 Å². The predicted octanol–water partition coefficient (Wildman–Crippen LogP) is 1.34. The number of halogens is 1. The van der Waals surface area contributed by atoms with E-state index in [-0.39, 0.29) is 23.3 Å². The minimum atomic E-state index is -1.45. The second kappa shape index (κ2) is 5.53. The van der Waals surface area contributed by atoms with E-state index in [1.54, 1.807) is 6.07 Å². The number of hydrogen-bond donors (Lipinski definition) is 2. The van der Waals surface area contributed by atoms with Gasteiger partial charge in [0.25, 0.3) is 0 Å². The van der Waals surface area contributed by atoms with Crippen LogP contribution in [-0.4, -0.2) is 22.1 Å². The van der Waals surface area contributed by atoms with E-state index >= 15 is 0 Å². The average molecular weight is 237 g/mol. The summed E-state index contributed by atoms with van der Waals surface area (Å²) in [7, 11) is 0. The zero-order chi connectivity index (χ0) is 13.0. The van der Waals surface area contributed by atoms with Crippen molar-refractivity contribution in [2.75, 3.05) is 0 Å². The lowest BCUT2D eigenvalue weighted by molar-refractivity contribution is 0.0210. The highest BCUT2D eigenvalue weighted by Crippen LogP contribution is 2.24. The summed E-state index contributed by atoms with van der Waals surface area (Å²) in [6, 6.07) is 5.03. The van der Waals surface area contributed by atoms with Crippen LogP contribution in [0.4, 0.5) is 4.39 Å². The number of rotatable bonds is 4. The number of carbonyl (C=O) groups is 1. The molecule has 4 nitrogen and oxygen atoms in total. The summed E-state index contributed by atoms with van der Waals surface area (Å²) in [6.45, 7) is 1.28. The van der Waals surface area contributed by atoms with Crippen LogP contribution in [0.2, 0.25) is 0 Å². The van der Waals surface area contributed by atoms with E-state index < -0.39 is 18.0 Å². The van der Waals surface area contributed by atoms with E-state index in [1.165, 1.54) is 13.0 Å². The van der Waals surface area contributed by atoms with Crippen LogP contribution in [0.3, 0.4) is 0 Å². The zero-order valence-corrected chi connectivity index (χ0v) is 9.22. The second-order valence-electron chi connectivity index (χ2n) is 3.66. The highest BCUT2D eigenvalue weighted by Gasteiger charge is 2.22. The molecule has 2 unspecified atom stereocenters. The first-order valence-electron chi connectivity index (χ1n) is 5.00. The number of carbonyl (C=O) groups excluding carboxylic acids is 1. The Morgan fingerprint density at radius 1 is 1.53 bits per heavy atom. The number of nitrogens with zero attached hydrogens (tertiary/aromatic N) is 1. The first-order chi connectivity index (χ1) is 7.97. The van der Waals surface area contributed by atoms with Gasteiger partial charge in [-0.25, -0.2) is 4.39 Å². The number of aliphatic hydroxyl groups is 2. The highest BCUT2D eigenvalue weighted by atomic mass is 19.1. The molecule has 5 heteroatoms. The van der Waals surface area contributed by atoms with Gasteiger partial charge in [0.2, 0.25) is 0 Å². The molecule has 0 spiro atoms. The minimum Gasteiger partial charge on any atom is -0.389 e. The molecule has 17 heavy (non-hydrogen) atoms. The molecule has 0 aliphatic carbocycles. The van der Waals surface area contributed by atoms with Crippen LogP contribution in [0.5, 0.6) is 0 Å². The van der Waals surface area contributed by atoms with E-state index in [4.69, 9.17) is 5.26 Å². The fourth-order valence-electron chi connectivity index (χ4n) is 1.51. The first-order valence-corrected chi connectivity index (χ1v) is 5.00. The fraction of sp³-hybridized carbons (Fsp3) is 0.333. The minimum absolute atomic E-state index is 0.000231. The molecule has 0 aromatic heterocycles. The number of nitriles is 1. The molecule has 90 valence electrons. The smallest absolute Gasteiger partial charge is 0.160 e. The SMILES string of the molecule is CC(=O)c1ccc(F)cc1C(O)C(O)CC#N. The lowest BCUT2D eigenvalue weighted by Gasteiger charge is -2.18. The van der Waals surface area contributed by atoms with Crippen molar-refractivity contribution in [1.29, 1.82) is 5.26 Å². The molecule has 0 bridgehead atoms. The molecule has 1 aromatic rings. The Labute approximate surface area is 97.9 Å². The molecule has 2 N–H and O–H groups in total. The molecular weight excluding hydrogens is 225 g/mol. The molecule has 0 saturated heterocycles. The molecule has 1 rings (SSSR count). The lowest BCUT2D eigenvalue weighted by atomic mass is 9.95. The Bertz CT molecular complexity index is 467. The Hall–Kier alpha value is -1.77. The van der Waals surface area contributed by atoms with Crippen LogP contribution in [0.1, 0.15) is 35.4 Å². The average Bonchev–Trinajstić information content (AvgIpc) is 2.27. The van der Waals surface area contributed by atoms with Gasteiger partial charge in [-0.2, -0.15) is 5.26 Å². The van der Waals surface area contributed by atoms with Crippen molar-refractivity contribution in [2.45, 2.75) is 25.6 Å². The van der Waals surface area contributed by atoms with Gasteiger partial charge in [0.05, 0.1) is 18.6 Å². The zero-order valence-electron chi connectivity index (χ0n) is 9.22. The van der Waals surface area contributed by atoms with Crippen LogP contribution in [0, 0.1) is 17.1 Å². The number of Topliss-reactive ketones (excluding diaryl/α,β-unsaturated/α-hetero) is 1. The molecule has 0 saturated carbocycles. The van der Waals surface area contributed by atoms with Gasteiger partial charge in [-0.05, 0) is 30.7 Å². The number of hydrogen-bond acceptors (Lipinski definition) is 4. The van der Waals surface area contributed by atoms with Crippen molar-refractivity contribution in [3.05, 3.63) is 35.1 Å². The van der Waals surface area contributed by atoms with Gasteiger partial charge in [-0.15, -0.1) is 0 Å². The Morgan fingerprint density at radius 3 is 2.71 bits per heavy atom. The lowest BCUT2D eigenvalue weighted by Crippen LogP contribution is -2.20. The third kappa shape index (κ3) is 3.09. The molecule has 0 aliphatic rings. The standard InChI is InChI=1S/C12H12FNO3/c1-7(15)9-3-2-8(13)6-10(9)12(17)11(16)4-5-14/h2-3,6,11-12,16-17H,4H2,1H3. The Morgan fingerprint density at radius 2 is 2.18 bits per heavy atom. The van der Waals surface area contributed by atoms with Gasteiger partial charge >= 0.3 is 0 Å². The summed E-state index contributed by atoms with van der Waals surface area (Å²) >= 11 is 0. The summed E-state index contributed by atoms with van der Waals surface area (Å²) in [5.74, 6) is -0.962. The van der Waals surface area contributed by atoms with E-state index in [2.05, 4.69) is 0 Å². The van der Waals surface area contributed by atoms with Crippen molar-refractivity contribution in [3.8, 4) is 6.07 Å². The highest BCUT2D eigenvalue weighted by molar-refractivity contribution is 5.95. The van der Waals surface area contributed by atoms with Crippen molar-refractivity contribution in [1.82, 2.24) is 0 Å². The second-order valence-corrected chi connectivity index (χ2v) is 3.66. The monoisotopic (exact) mass is 237 g/mol. The number of ketones is 1.